The molecule has 0 bridgehead atoms. The van der Waals surface area contributed by atoms with Gasteiger partial charge in [-0.15, -0.1) is 0 Å². The summed E-state index contributed by atoms with van der Waals surface area (Å²) in [7, 11) is 1.74. The van der Waals surface area contributed by atoms with Crippen LogP contribution < -0.4 is 5.73 Å². The van der Waals surface area contributed by atoms with Gasteiger partial charge in [0.05, 0.1) is 11.6 Å². The van der Waals surface area contributed by atoms with Crippen molar-refractivity contribution in [2.45, 2.75) is 37.8 Å². The molecule has 2 heteroatoms. The van der Waals surface area contributed by atoms with Gasteiger partial charge in [-0.1, -0.05) is 12.2 Å². The Labute approximate surface area is 68.4 Å². The van der Waals surface area contributed by atoms with E-state index in [4.69, 9.17) is 10.5 Å². The van der Waals surface area contributed by atoms with Crippen molar-refractivity contribution in [1.82, 2.24) is 0 Å². The third-order valence-electron chi connectivity index (χ3n) is 2.70. The molecule has 2 N–H and O–H groups in total. The average Bonchev–Trinajstić information content (AvgIpc) is 1.86. The van der Waals surface area contributed by atoms with Crippen LogP contribution in [0.25, 0.3) is 0 Å². The molecule has 0 aliphatic heterocycles. The third-order valence-corrected chi connectivity index (χ3v) is 2.70. The van der Waals surface area contributed by atoms with Crippen LogP contribution >= 0.6 is 0 Å². The first-order valence-corrected chi connectivity index (χ1v) is 4.08. The molecule has 1 aliphatic carbocycles. The first-order valence-electron chi connectivity index (χ1n) is 4.08. The van der Waals surface area contributed by atoms with Crippen LogP contribution in [0.15, 0.2) is 12.2 Å². The highest BCUT2D eigenvalue weighted by Crippen LogP contribution is 2.38. The van der Waals surface area contributed by atoms with E-state index in [0.29, 0.717) is 0 Å². The Morgan fingerprint density at radius 3 is 2.27 bits per heavy atom. The minimum absolute atomic E-state index is 0.0150. The lowest BCUT2D eigenvalue weighted by Crippen LogP contribution is -2.54. The number of methoxy groups -OCH3 is 1. The molecule has 0 spiro atoms. The smallest absolute Gasteiger partial charge is 0.0867 e. The summed E-state index contributed by atoms with van der Waals surface area (Å²) in [6.45, 7) is 5.81. The van der Waals surface area contributed by atoms with Gasteiger partial charge < -0.3 is 10.5 Å². The summed E-state index contributed by atoms with van der Waals surface area (Å²) in [5, 5.41) is 0. The molecule has 1 aliphatic rings. The average molecular weight is 155 g/mol. The van der Waals surface area contributed by atoms with Gasteiger partial charge in [0.15, 0.2) is 0 Å². The van der Waals surface area contributed by atoms with E-state index in [0.717, 1.165) is 18.4 Å². The topological polar surface area (TPSA) is 35.2 Å². The molecule has 0 radical (unpaired) electrons. The second-order valence-corrected chi connectivity index (χ2v) is 3.45. The molecule has 1 atom stereocenters. The molecule has 0 aromatic carbocycles. The van der Waals surface area contributed by atoms with E-state index in [1.54, 1.807) is 7.11 Å². The van der Waals surface area contributed by atoms with Gasteiger partial charge in [-0.3, -0.25) is 0 Å². The van der Waals surface area contributed by atoms with Gasteiger partial charge in [0.25, 0.3) is 0 Å². The number of rotatable bonds is 3. The molecule has 1 rings (SSSR count). The molecule has 1 unspecified atom stereocenters. The van der Waals surface area contributed by atoms with Gasteiger partial charge in [0, 0.05) is 7.11 Å². The molecule has 11 heavy (non-hydrogen) atoms. The number of nitrogens with two attached hydrogens (primary N) is 1. The van der Waals surface area contributed by atoms with Crippen LogP contribution in [0.2, 0.25) is 0 Å². The van der Waals surface area contributed by atoms with E-state index in [9.17, 15) is 0 Å². The largest absolute Gasteiger partial charge is 0.376 e. The van der Waals surface area contributed by atoms with Gasteiger partial charge >= 0.3 is 0 Å². The Morgan fingerprint density at radius 1 is 1.64 bits per heavy atom. The highest BCUT2D eigenvalue weighted by Gasteiger charge is 2.42. The lowest BCUT2D eigenvalue weighted by atomic mass is 9.73. The number of ether oxygens (including phenoxy) is 1. The summed E-state index contributed by atoms with van der Waals surface area (Å²) in [4.78, 5) is 0. The lowest BCUT2D eigenvalue weighted by molar-refractivity contribution is -0.0820. The van der Waals surface area contributed by atoms with Crippen molar-refractivity contribution in [2.75, 3.05) is 7.11 Å². The van der Waals surface area contributed by atoms with Gasteiger partial charge in [0.1, 0.15) is 0 Å². The van der Waals surface area contributed by atoms with Crippen molar-refractivity contribution in [1.29, 1.82) is 0 Å². The summed E-state index contributed by atoms with van der Waals surface area (Å²) in [5.41, 5.74) is 6.89. The van der Waals surface area contributed by atoms with Crippen LogP contribution in [0.3, 0.4) is 0 Å². The summed E-state index contributed by atoms with van der Waals surface area (Å²) in [5.74, 6) is 0. The molecule has 1 fully saturated rings. The summed E-state index contributed by atoms with van der Waals surface area (Å²) in [6, 6.07) is 0.0150. The van der Waals surface area contributed by atoms with Crippen LogP contribution in [0.4, 0.5) is 0 Å². The molecule has 2 nitrogen and oxygen atoms in total. The van der Waals surface area contributed by atoms with E-state index >= 15 is 0 Å². The third kappa shape index (κ3) is 1.33. The minimum Gasteiger partial charge on any atom is -0.376 e. The molecular formula is C9H17NO. The first kappa shape index (κ1) is 8.75. The predicted molar refractivity (Wildman–Crippen MR) is 46.4 cm³/mol. The molecule has 1 saturated carbocycles. The summed E-state index contributed by atoms with van der Waals surface area (Å²) < 4.78 is 5.41. The fourth-order valence-electron chi connectivity index (χ4n) is 1.62. The zero-order valence-electron chi connectivity index (χ0n) is 7.39. The Bertz CT molecular complexity index is 155. The van der Waals surface area contributed by atoms with Crippen molar-refractivity contribution < 1.29 is 4.74 Å². The normalized spacial score (nSPS) is 23.9. The summed E-state index contributed by atoms with van der Waals surface area (Å²) >= 11 is 0. The zero-order chi connectivity index (χ0) is 8.48. The van der Waals surface area contributed by atoms with E-state index in [-0.39, 0.29) is 11.6 Å². The Balaban J connectivity index is 2.61. The molecule has 0 saturated heterocycles. The molecule has 0 heterocycles. The lowest BCUT2D eigenvalue weighted by Gasteiger charge is -2.45. The SMILES string of the molecule is C=C(C)C(N)C1(OC)CCC1. The van der Waals surface area contributed by atoms with Crippen molar-refractivity contribution in [3.63, 3.8) is 0 Å². The second-order valence-electron chi connectivity index (χ2n) is 3.45. The highest BCUT2D eigenvalue weighted by atomic mass is 16.5. The Kier molecular flexibility index (Phi) is 2.35. The first-order chi connectivity index (χ1) is 5.12. The molecule has 64 valence electrons. The van der Waals surface area contributed by atoms with Gasteiger partial charge in [0.2, 0.25) is 0 Å². The van der Waals surface area contributed by atoms with E-state index in [1.165, 1.54) is 6.42 Å². The van der Waals surface area contributed by atoms with Crippen LogP contribution in [0, 0.1) is 0 Å². The maximum absolute atomic E-state index is 5.94. The fourth-order valence-corrected chi connectivity index (χ4v) is 1.62. The monoisotopic (exact) mass is 155 g/mol. The van der Waals surface area contributed by atoms with Crippen molar-refractivity contribution in [3.05, 3.63) is 12.2 Å². The van der Waals surface area contributed by atoms with Crippen molar-refractivity contribution >= 4 is 0 Å². The predicted octanol–water partition coefficient (Wildman–Crippen LogP) is 1.46. The van der Waals surface area contributed by atoms with Crippen LogP contribution in [-0.4, -0.2) is 18.8 Å². The van der Waals surface area contributed by atoms with E-state index < -0.39 is 0 Å². The second kappa shape index (κ2) is 2.95. The molecule has 0 amide bonds. The van der Waals surface area contributed by atoms with Crippen LogP contribution in [-0.2, 0) is 4.74 Å². The quantitative estimate of drug-likeness (QED) is 0.626. The van der Waals surface area contributed by atoms with Gasteiger partial charge in [-0.2, -0.15) is 0 Å². The highest BCUT2D eigenvalue weighted by molar-refractivity contribution is 5.13. The van der Waals surface area contributed by atoms with Crippen LogP contribution in [0.1, 0.15) is 26.2 Å². The van der Waals surface area contributed by atoms with Gasteiger partial charge in [-0.05, 0) is 26.2 Å². The Morgan fingerprint density at radius 2 is 2.18 bits per heavy atom. The molecule has 0 aromatic rings. The zero-order valence-corrected chi connectivity index (χ0v) is 7.39. The molecule has 0 aromatic heterocycles. The van der Waals surface area contributed by atoms with E-state index in [1.807, 2.05) is 6.92 Å². The Hall–Kier alpha value is -0.340. The van der Waals surface area contributed by atoms with Crippen LogP contribution in [0.5, 0.6) is 0 Å². The summed E-state index contributed by atoms with van der Waals surface area (Å²) in [6.07, 6.45) is 3.39. The maximum Gasteiger partial charge on any atom is 0.0867 e. The van der Waals surface area contributed by atoms with Crippen molar-refractivity contribution in [3.8, 4) is 0 Å². The minimum atomic E-state index is -0.0775. The van der Waals surface area contributed by atoms with Crippen molar-refractivity contribution in [2.24, 2.45) is 5.73 Å². The van der Waals surface area contributed by atoms with E-state index in [2.05, 4.69) is 6.58 Å². The number of hydrogen-bond donors (Lipinski definition) is 1. The fraction of sp³-hybridized carbons (Fsp3) is 0.778. The standard InChI is InChI=1S/C9H17NO/c1-7(2)8(10)9(11-3)5-4-6-9/h8H,1,4-6,10H2,2-3H3. The molecular weight excluding hydrogens is 138 g/mol. The maximum atomic E-state index is 5.94. The van der Waals surface area contributed by atoms with Gasteiger partial charge in [-0.25, -0.2) is 0 Å². The number of hydrogen-bond acceptors (Lipinski definition) is 2.